The van der Waals surface area contributed by atoms with Gasteiger partial charge in [0.2, 0.25) is 7.83 Å². The summed E-state index contributed by atoms with van der Waals surface area (Å²) < 4.78 is 7.57. The van der Waals surface area contributed by atoms with Crippen molar-refractivity contribution in [2.24, 2.45) is 0 Å². The van der Waals surface area contributed by atoms with E-state index < -0.39 is 21.0 Å². The average Bonchev–Trinajstić information content (AvgIpc) is 2.83. The SMILES string of the molecule is C[Si](C)(C)[Si](OC1(C(=O)c2ccccc2)CCCCC1)(c1ccccc1)c1ccccc1. The van der Waals surface area contributed by atoms with E-state index in [0.29, 0.717) is 0 Å². The van der Waals surface area contributed by atoms with Crippen LogP contribution in [0.25, 0.3) is 0 Å². The Morgan fingerprint density at radius 1 is 0.688 bits per heavy atom. The molecule has 166 valence electrons. The van der Waals surface area contributed by atoms with Gasteiger partial charge in [0.15, 0.2) is 5.78 Å². The molecule has 0 amide bonds. The molecule has 0 radical (unpaired) electrons. The van der Waals surface area contributed by atoms with Crippen molar-refractivity contribution in [3.05, 3.63) is 96.6 Å². The molecule has 2 nitrogen and oxygen atoms in total. The first-order valence-electron chi connectivity index (χ1n) is 11.8. The van der Waals surface area contributed by atoms with Gasteiger partial charge in [-0.05, 0) is 23.2 Å². The highest BCUT2D eigenvalue weighted by Crippen LogP contribution is 2.39. The number of benzene rings is 3. The van der Waals surface area contributed by atoms with E-state index in [1.54, 1.807) is 0 Å². The number of hydrogen-bond acceptors (Lipinski definition) is 2. The van der Waals surface area contributed by atoms with Gasteiger partial charge < -0.3 is 4.43 Å². The predicted molar refractivity (Wildman–Crippen MR) is 139 cm³/mol. The zero-order valence-electron chi connectivity index (χ0n) is 19.5. The third kappa shape index (κ3) is 4.19. The molecule has 32 heavy (non-hydrogen) atoms. The molecule has 0 unspecified atom stereocenters. The molecule has 1 fully saturated rings. The van der Waals surface area contributed by atoms with E-state index in [0.717, 1.165) is 31.2 Å². The average molecular weight is 459 g/mol. The van der Waals surface area contributed by atoms with Gasteiger partial charge in [0.1, 0.15) is 5.60 Å². The molecule has 1 aliphatic carbocycles. The zero-order valence-corrected chi connectivity index (χ0v) is 21.5. The van der Waals surface area contributed by atoms with Crippen molar-refractivity contribution in [3.8, 4) is 0 Å². The van der Waals surface area contributed by atoms with Crippen LogP contribution in [0.15, 0.2) is 91.0 Å². The quantitative estimate of drug-likeness (QED) is 0.332. The number of carbonyl (C=O) groups excluding carboxylic acids is 1. The van der Waals surface area contributed by atoms with Crippen molar-refractivity contribution >= 4 is 31.6 Å². The van der Waals surface area contributed by atoms with Gasteiger partial charge in [-0.3, -0.25) is 4.79 Å². The molecule has 0 aromatic heterocycles. The van der Waals surface area contributed by atoms with Crippen molar-refractivity contribution in [2.45, 2.75) is 57.3 Å². The van der Waals surface area contributed by atoms with Crippen LogP contribution in [-0.2, 0) is 4.43 Å². The first-order chi connectivity index (χ1) is 15.4. The molecule has 1 aliphatic rings. The highest BCUT2D eigenvalue weighted by atomic mass is 29.3. The molecular formula is C28H34O2Si2. The Hall–Kier alpha value is -2.28. The second kappa shape index (κ2) is 9.30. The fourth-order valence-corrected chi connectivity index (χ4v) is 17.8. The Balaban J connectivity index is 1.93. The summed E-state index contributed by atoms with van der Waals surface area (Å²) in [7, 11) is -4.62. The molecule has 0 aliphatic heterocycles. The Kier molecular flexibility index (Phi) is 6.66. The first-order valence-corrected chi connectivity index (χ1v) is 18.2. The van der Waals surface area contributed by atoms with Crippen molar-refractivity contribution in [3.63, 3.8) is 0 Å². The van der Waals surface area contributed by atoms with Crippen LogP contribution in [-0.4, -0.2) is 26.8 Å². The molecule has 0 saturated heterocycles. The predicted octanol–water partition coefficient (Wildman–Crippen LogP) is 5.77. The van der Waals surface area contributed by atoms with Gasteiger partial charge in [0.25, 0.3) is 0 Å². The van der Waals surface area contributed by atoms with Crippen molar-refractivity contribution in [1.82, 2.24) is 0 Å². The van der Waals surface area contributed by atoms with Gasteiger partial charge in [-0.25, -0.2) is 0 Å². The molecule has 4 heteroatoms. The highest BCUT2D eigenvalue weighted by molar-refractivity contribution is 7.48. The second-order valence-corrected chi connectivity index (χ2v) is 23.8. The van der Waals surface area contributed by atoms with Crippen molar-refractivity contribution in [1.29, 1.82) is 0 Å². The third-order valence-electron chi connectivity index (χ3n) is 6.88. The Morgan fingerprint density at radius 2 is 1.12 bits per heavy atom. The van der Waals surface area contributed by atoms with Crippen LogP contribution in [0.2, 0.25) is 19.6 Å². The standard InChI is InChI=1S/C28H34O2Si2/c1-31(2,3)32(25-18-10-5-11-19-25,26-20-12-6-13-21-26)30-28(22-14-7-15-23-28)27(29)24-16-8-4-9-17-24/h4-6,8-13,16-21H,7,14-15,22-23H2,1-3H3. The van der Waals surface area contributed by atoms with Crippen LogP contribution in [0.1, 0.15) is 42.5 Å². The number of carbonyl (C=O) groups is 1. The molecule has 0 N–H and O–H groups in total. The fraction of sp³-hybridized carbons (Fsp3) is 0.321. The van der Waals surface area contributed by atoms with Gasteiger partial charge in [-0.1, -0.05) is 130 Å². The van der Waals surface area contributed by atoms with Gasteiger partial charge in [-0.15, -0.1) is 0 Å². The molecule has 0 heterocycles. The van der Waals surface area contributed by atoms with Gasteiger partial charge in [-0.2, -0.15) is 0 Å². The summed E-state index contributed by atoms with van der Waals surface area (Å²) in [6, 6.07) is 31.4. The largest absolute Gasteiger partial charge is 0.398 e. The minimum Gasteiger partial charge on any atom is -0.398 e. The Morgan fingerprint density at radius 3 is 1.56 bits per heavy atom. The number of Topliss-reactive ketones (excluding diaryl/α,β-unsaturated/α-hetero) is 1. The molecule has 0 spiro atoms. The maximum atomic E-state index is 14.1. The third-order valence-corrected chi connectivity index (χ3v) is 20.4. The highest BCUT2D eigenvalue weighted by Gasteiger charge is 2.57. The topological polar surface area (TPSA) is 26.3 Å². The van der Waals surface area contributed by atoms with E-state index >= 15 is 0 Å². The molecule has 3 aromatic carbocycles. The normalized spacial score (nSPS) is 16.5. The summed E-state index contributed by atoms with van der Waals surface area (Å²) in [5, 5.41) is 2.58. The van der Waals surface area contributed by atoms with E-state index in [9.17, 15) is 4.79 Å². The van der Waals surface area contributed by atoms with Crippen molar-refractivity contribution < 1.29 is 9.22 Å². The number of ketones is 1. The first kappa shape index (κ1) is 22.9. The minimum atomic E-state index is -2.69. The zero-order chi connectivity index (χ0) is 22.7. The molecule has 0 atom stereocenters. The maximum absolute atomic E-state index is 14.1. The number of hydrogen-bond donors (Lipinski definition) is 0. The second-order valence-electron chi connectivity index (χ2n) is 10.0. The van der Waals surface area contributed by atoms with Crippen LogP contribution >= 0.6 is 0 Å². The number of rotatable bonds is 7. The monoisotopic (exact) mass is 458 g/mol. The minimum absolute atomic E-state index is 0.166. The molecule has 3 aromatic rings. The van der Waals surface area contributed by atoms with Gasteiger partial charge >= 0.3 is 0 Å². The van der Waals surface area contributed by atoms with Crippen LogP contribution in [0.3, 0.4) is 0 Å². The summed E-state index contributed by atoms with van der Waals surface area (Å²) in [5.41, 5.74) is 0.0200. The summed E-state index contributed by atoms with van der Waals surface area (Å²) in [6.07, 6.45) is 4.86. The van der Waals surface area contributed by atoms with Gasteiger partial charge in [0.05, 0.1) is 7.59 Å². The van der Waals surface area contributed by atoms with Crippen LogP contribution < -0.4 is 10.4 Å². The van der Waals surface area contributed by atoms with Gasteiger partial charge in [0, 0.05) is 5.56 Å². The molecule has 1 saturated carbocycles. The molecule has 4 rings (SSSR count). The Bertz CT molecular complexity index is 982. The van der Waals surface area contributed by atoms with E-state index in [1.807, 2.05) is 30.3 Å². The van der Waals surface area contributed by atoms with Crippen LogP contribution in [0, 0.1) is 0 Å². The maximum Gasteiger partial charge on any atom is 0.241 e. The summed E-state index contributed by atoms with van der Waals surface area (Å²) >= 11 is 0. The smallest absolute Gasteiger partial charge is 0.241 e. The fourth-order valence-electron chi connectivity index (χ4n) is 5.29. The van der Waals surface area contributed by atoms with Crippen molar-refractivity contribution in [2.75, 3.05) is 0 Å². The summed E-state index contributed by atoms with van der Waals surface area (Å²) in [5.74, 6) is 0.166. The van der Waals surface area contributed by atoms with E-state index in [2.05, 4.69) is 80.3 Å². The summed E-state index contributed by atoms with van der Waals surface area (Å²) in [6.45, 7) is 7.26. The van der Waals surface area contributed by atoms with Crippen LogP contribution in [0.5, 0.6) is 0 Å². The molecule has 0 bridgehead atoms. The lowest BCUT2D eigenvalue weighted by Crippen LogP contribution is -2.78. The van der Waals surface area contributed by atoms with E-state index in [-0.39, 0.29) is 5.78 Å². The van der Waals surface area contributed by atoms with E-state index in [4.69, 9.17) is 4.43 Å². The summed E-state index contributed by atoms with van der Waals surface area (Å²) in [4.78, 5) is 14.1. The lowest BCUT2D eigenvalue weighted by molar-refractivity contribution is 0.0258. The lowest BCUT2D eigenvalue weighted by Gasteiger charge is -2.49. The lowest BCUT2D eigenvalue weighted by atomic mass is 9.79. The van der Waals surface area contributed by atoms with E-state index in [1.165, 1.54) is 16.8 Å². The van der Waals surface area contributed by atoms with Crippen LogP contribution in [0.4, 0.5) is 0 Å². The Labute approximate surface area is 194 Å². The molecular weight excluding hydrogens is 424 g/mol.